The van der Waals surface area contributed by atoms with Gasteiger partial charge in [-0.3, -0.25) is 4.79 Å². The topological polar surface area (TPSA) is 26.3 Å². The number of esters is 1. The van der Waals surface area contributed by atoms with Crippen LogP contribution in [0.4, 0.5) is 0 Å². The maximum absolute atomic E-state index is 11.2. The van der Waals surface area contributed by atoms with Crippen LogP contribution in [-0.4, -0.2) is 5.97 Å². The molecule has 0 heterocycles. The number of hydrogen-bond donors (Lipinski definition) is 0. The Morgan fingerprint density at radius 3 is 2.64 bits per heavy atom. The van der Waals surface area contributed by atoms with Crippen LogP contribution in [0.25, 0.3) is 0 Å². The third-order valence-corrected chi connectivity index (χ3v) is 1.76. The van der Waals surface area contributed by atoms with Gasteiger partial charge in [0.1, 0.15) is 6.61 Å². The zero-order valence-corrected chi connectivity index (χ0v) is 8.40. The SMILES string of the molecule is [CH2]C(C)CC(=O)OCc1ccccc1. The van der Waals surface area contributed by atoms with Crippen molar-refractivity contribution in [2.45, 2.75) is 20.0 Å². The Morgan fingerprint density at radius 1 is 1.43 bits per heavy atom. The molecule has 0 N–H and O–H groups in total. The molecule has 1 aromatic carbocycles. The van der Waals surface area contributed by atoms with Crippen molar-refractivity contribution in [3.05, 3.63) is 42.8 Å². The van der Waals surface area contributed by atoms with Gasteiger partial charge in [0.15, 0.2) is 0 Å². The van der Waals surface area contributed by atoms with Crippen molar-refractivity contribution in [2.75, 3.05) is 0 Å². The molecule has 2 nitrogen and oxygen atoms in total. The fourth-order valence-corrected chi connectivity index (χ4v) is 1.08. The summed E-state index contributed by atoms with van der Waals surface area (Å²) in [5.41, 5.74) is 1.01. The van der Waals surface area contributed by atoms with Crippen molar-refractivity contribution in [3.63, 3.8) is 0 Å². The average Bonchev–Trinajstić information content (AvgIpc) is 2.15. The van der Waals surface area contributed by atoms with E-state index < -0.39 is 0 Å². The molecule has 0 spiro atoms. The van der Waals surface area contributed by atoms with Crippen molar-refractivity contribution in [1.29, 1.82) is 0 Å². The standard InChI is InChI=1S/C12H15O2/c1-10(2)8-12(13)14-9-11-6-4-3-5-7-11/h3-7,10H,1,8-9H2,2H3. The quantitative estimate of drug-likeness (QED) is 0.684. The van der Waals surface area contributed by atoms with Crippen LogP contribution in [-0.2, 0) is 16.1 Å². The summed E-state index contributed by atoms with van der Waals surface area (Å²) in [6.45, 7) is 5.98. The first-order chi connectivity index (χ1) is 6.68. The van der Waals surface area contributed by atoms with Gasteiger partial charge in [0.2, 0.25) is 0 Å². The van der Waals surface area contributed by atoms with Gasteiger partial charge >= 0.3 is 5.97 Å². The number of hydrogen-bond acceptors (Lipinski definition) is 2. The molecule has 0 saturated heterocycles. The number of benzene rings is 1. The second-order valence-electron chi connectivity index (χ2n) is 3.46. The summed E-state index contributed by atoms with van der Waals surface area (Å²) in [7, 11) is 0. The molecule has 75 valence electrons. The van der Waals surface area contributed by atoms with E-state index in [4.69, 9.17) is 4.74 Å². The maximum Gasteiger partial charge on any atom is 0.306 e. The molecule has 0 aliphatic heterocycles. The molecule has 1 unspecified atom stereocenters. The molecular formula is C12H15O2. The minimum Gasteiger partial charge on any atom is -0.461 e. The summed E-state index contributed by atoms with van der Waals surface area (Å²) in [6, 6.07) is 9.64. The normalized spacial score (nSPS) is 10.2. The van der Waals surface area contributed by atoms with E-state index in [1.165, 1.54) is 0 Å². The lowest BCUT2D eigenvalue weighted by Crippen LogP contribution is -2.07. The minimum atomic E-state index is -0.184. The summed E-state index contributed by atoms with van der Waals surface area (Å²) in [5, 5.41) is 0. The molecule has 0 saturated carbocycles. The van der Waals surface area contributed by atoms with Crippen LogP contribution in [0.1, 0.15) is 18.9 Å². The highest BCUT2D eigenvalue weighted by Crippen LogP contribution is 2.04. The molecule has 0 fully saturated rings. The fraction of sp³-hybridized carbons (Fsp3) is 0.333. The van der Waals surface area contributed by atoms with Crippen LogP contribution in [0.3, 0.4) is 0 Å². The number of ether oxygens (including phenoxy) is 1. The van der Waals surface area contributed by atoms with Gasteiger partial charge in [-0.15, -0.1) is 0 Å². The van der Waals surface area contributed by atoms with Crippen molar-refractivity contribution in [2.24, 2.45) is 5.92 Å². The highest BCUT2D eigenvalue weighted by Gasteiger charge is 2.05. The Labute approximate surface area is 84.9 Å². The van der Waals surface area contributed by atoms with Gasteiger partial charge in [0.25, 0.3) is 0 Å². The third kappa shape index (κ3) is 4.08. The lowest BCUT2D eigenvalue weighted by Gasteiger charge is -2.06. The van der Waals surface area contributed by atoms with E-state index in [0.29, 0.717) is 13.0 Å². The molecule has 1 rings (SSSR count). The first-order valence-electron chi connectivity index (χ1n) is 4.71. The average molecular weight is 191 g/mol. The summed E-state index contributed by atoms with van der Waals surface area (Å²) >= 11 is 0. The highest BCUT2D eigenvalue weighted by atomic mass is 16.5. The van der Waals surface area contributed by atoms with Gasteiger partial charge in [-0.1, -0.05) is 37.3 Å². The lowest BCUT2D eigenvalue weighted by molar-refractivity contribution is -0.145. The van der Waals surface area contributed by atoms with Crippen LogP contribution < -0.4 is 0 Å². The number of carbonyl (C=O) groups excluding carboxylic acids is 1. The Balaban J connectivity index is 2.31. The zero-order chi connectivity index (χ0) is 10.4. The van der Waals surface area contributed by atoms with Crippen molar-refractivity contribution in [3.8, 4) is 0 Å². The monoisotopic (exact) mass is 191 g/mol. The molecule has 1 radical (unpaired) electrons. The second kappa shape index (κ2) is 5.43. The fourth-order valence-electron chi connectivity index (χ4n) is 1.08. The summed E-state index contributed by atoms with van der Waals surface area (Å²) in [5.74, 6) is -0.0744. The number of rotatable bonds is 4. The second-order valence-corrected chi connectivity index (χ2v) is 3.46. The molecule has 1 aromatic rings. The van der Waals surface area contributed by atoms with E-state index in [0.717, 1.165) is 5.56 Å². The highest BCUT2D eigenvalue weighted by molar-refractivity contribution is 5.69. The van der Waals surface area contributed by atoms with E-state index >= 15 is 0 Å². The zero-order valence-electron chi connectivity index (χ0n) is 8.40. The molecule has 0 aliphatic rings. The third-order valence-electron chi connectivity index (χ3n) is 1.76. The summed E-state index contributed by atoms with van der Waals surface area (Å²) < 4.78 is 5.06. The Hall–Kier alpha value is -1.31. The summed E-state index contributed by atoms with van der Waals surface area (Å²) in [4.78, 5) is 11.2. The molecule has 2 heteroatoms. The van der Waals surface area contributed by atoms with Crippen molar-refractivity contribution < 1.29 is 9.53 Å². The van der Waals surface area contributed by atoms with Gasteiger partial charge in [-0.05, 0) is 18.4 Å². The first-order valence-corrected chi connectivity index (χ1v) is 4.71. The van der Waals surface area contributed by atoms with E-state index in [2.05, 4.69) is 6.92 Å². The van der Waals surface area contributed by atoms with Gasteiger partial charge < -0.3 is 4.74 Å². The van der Waals surface area contributed by atoms with Crippen LogP contribution in [0.5, 0.6) is 0 Å². The molecular weight excluding hydrogens is 176 g/mol. The minimum absolute atomic E-state index is 0.110. The van der Waals surface area contributed by atoms with Crippen molar-refractivity contribution in [1.82, 2.24) is 0 Å². The molecule has 0 amide bonds. The van der Waals surface area contributed by atoms with Gasteiger partial charge in [0.05, 0.1) is 0 Å². The Kier molecular flexibility index (Phi) is 4.17. The lowest BCUT2D eigenvalue weighted by atomic mass is 10.1. The largest absolute Gasteiger partial charge is 0.461 e. The van der Waals surface area contributed by atoms with E-state index in [1.807, 2.05) is 37.3 Å². The van der Waals surface area contributed by atoms with Gasteiger partial charge in [-0.2, -0.15) is 0 Å². The van der Waals surface area contributed by atoms with Crippen LogP contribution >= 0.6 is 0 Å². The molecule has 14 heavy (non-hydrogen) atoms. The number of carbonyl (C=O) groups is 1. The van der Waals surface area contributed by atoms with Crippen LogP contribution in [0.2, 0.25) is 0 Å². The predicted molar refractivity (Wildman–Crippen MR) is 55.4 cm³/mol. The van der Waals surface area contributed by atoms with Gasteiger partial charge in [0, 0.05) is 6.42 Å². The molecule has 0 aliphatic carbocycles. The first kappa shape index (κ1) is 10.8. The molecule has 1 atom stereocenters. The smallest absolute Gasteiger partial charge is 0.306 e. The summed E-state index contributed by atoms with van der Waals surface area (Å²) in [6.07, 6.45) is 0.382. The van der Waals surface area contributed by atoms with Crippen LogP contribution in [0, 0.1) is 12.8 Å². The van der Waals surface area contributed by atoms with Gasteiger partial charge in [-0.25, -0.2) is 0 Å². The molecule has 0 aromatic heterocycles. The Morgan fingerprint density at radius 2 is 2.07 bits per heavy atom. The van der Waals surface area contributed by atoms with E-state index in [1.54, 1.807) is 0 Å². The van der Waals surface area contributed by atoms with E-state index in [9.17, 15) is 4.79 Å². The van der Waals surface area contributed by atoms with Crippen LogP contribution in [0.15, 0.2) is 30.3 Å². The maximum atomic E-state index is 11.2. The Bertz CT molecular complexity index is 278. The predicted octanol–water partition coefficient (Wildman–Crippen LogP) is 2.59. The molecule has 0 bridgehead atoms. The van der Waals surface area contributed by atoms with Crippen molar-refractivity contribution >= 4 is 5.97 Å². The van der Waals surface area contributed by atoms with E-state index in [-0.39, 0.29) is 11.9 Å².